The Kier molecular flexibility index (Phi) is 10.2. The molecule has 5 heteroatoms. The molecule has 0 heterocycles. The molecular weight excluding hydrogens is 425 g/mol. The maximum absolute atomic E-state index is 5.18. The zero-order chi connectivity index (χ0) is 17.2. The quantitative estimate of drug-likeness (QED) is 0.378. The highest BCUT2D eigenvalue weighted by atomic mass is 127. The SMILES string of the molecule is CCNC(=NCc1cccc(COC)c1)NCc1ccc(C)cc1.I. The van der Waals surface area contributed by atoms with Crippen LogP contribution in [-0.4, -0.2) is 19.6 Å². The highest BCUT2D eigenvalue weighted by Crippen LogP contribution is 2.08. The van der Waals surface area contributed by atoms with Gasteiger partial charge in [0.15, 0.2) is 5.96 Å². The highest BCUT2D eigenvalue weighted by molar-refractivity contribution is 14.0. The Hall–Kier alpha value is -1.60. The van der Waals surface area contributed by atoms with E-state index in [0.29, 0.717) is 13.2 Å². The Morgan fingerprint density at radius 1 is 1.00 bits per heavy atom. The van der Waals surface area contributed by atoms with Gasteiger partial charge in [-0.05, 0) is 30.5 Å². The largest absolute Gasteiger partial charge is 0.380 e. The molecule has 0 spiro atoms. The van der Waals surface area contributed by atoms with Crippen LogP contribution in [-0.2, 0) is 24.4 Å². The number of aliphatic imine (C=N–C) groups is 1. The predicted molar refractivity (Wildman–Crippen MR) is 115 cm³/mol. The van der Waals surface area contributed by atoms with Crippen molar-refractivity contribution in [2.24, 2.45) is 4.99 Å². The van der Waals surface area contributed by atoms with E-state index in [-0.39, 0.29) is 24.0 Å². The van der Waals surface area contributed by atoms with Crippen LogP contribution >= 0.6 is 24.0 Å². The van der Waals surface area contributed by atoms with Crippen molar-refractivity contribution >= 4 is 29.9 Å². The summed E-state index contributed by atoms with van der Waals surface area (Å²) >= 11 is 0. The summed E-state index contributed by atoms with van der Waals surface area (Å²) in [7, 11) is 1.71. The third-order valence-corrected chi connectivity index (χ3v) is 3.65. The van der Waals surface area contributed by atoms with Gasteiger partial charge in [0.05, 0.1) is 13.2 Å². The summed E-state index contributed by atoms with van der Waals surface area (Å²) in [6.45, 7) is 7.03. The molecule has 0 saturated carbocycles. The molecule has 0 unspecified atom stereocenters. The summed E-state index contributed by atoms with van der Waals surface area (Å²) < 4.78 is 5.18. The maximum Gasteiger partial charge on any atom is 0.191 e. The Morgan fingerprint density at radius 3 is 2.40 bits per heavy atom. The Bertz CT molecular complexity index is 656. The summed E-state index contributed by atoms with van der Waals surface area (Å²) in [5.41, 5.74) is 4.86. The van der Waals surface area contributed by atoms with Crippen molar-refractivity contribution < 1.29 is 4.74 Å². The molecule has 0 aromatic heterocycles. The van der Waals surface area contributed by atoms with Gasteiger partial charge in [-0.15, -0.1) is 24.0 Å². The average molecular weight is 453 g/mol. The first-order valence-corrected chi connectivity index (χ1v) is 8.35. The second kappa shape index (κ2) is 11.9. The Balaban J connectivity index is 0.00000312. The second-order valence-corrected chi connectivity index (χ2v) is 5.79. The molecule has 0 aliphatic rings. The molecule has 0 atom stereocenters. The van der Waals surface area contributed by atoms with Gasteiger partial charge in [0, 0.05) is 20.2 Å². The van der Waals surface area contributed by atoms with E-state index in [1.54, 1.807) is 7.11 Å². The molecule has 0 bridgehead atoms. The van der Waals surface area contributed by atoms with Crippen molar-refractivity contribution in [2.75, 3.05) is 13.7 Å². The van der Waals surface area contributed by atoms with Crippen molar-refractivity contribution in [3.8, 4) is 0 Å². The zero-order valence-electron chi connectivity index (χ0n) is 15.2. The number of aryl methyl sites for hydroxylation is 1. The van der Waals surface area contributed by atoms with Crippen LogP contribution in [0.25, 0.3) is 0 Å². The van der Waals surface area contributed by atoms with Crippen LogP contribution in [0.3, 0.4) is 0 Å². The van der Waals surface area contributed by atoms with E-state index >= 15 is 0 Å². The minimum Gasteiger partial charge on any atom is -0.380 e. The zero-order valence-corrected chi connectivity index (χ0v) is 17.5. The van der Waals surface area contributed by atoms with Crippen molar-refractivity contribution in [1.29, 1.82) is 0 Å². The molecule has 4 nitrogen and oxygen atoms in total. The lowest BCUT2D eigenvalue weighted by molar-refractivity contribution is 0.185. The molecule has 25 heavy (non-hydrogen) atoms. The maximum atomic E-state index is 5.18. The van der Waals surface area contributed by atoms with E-state index in [0.717, 1.165) is 19.0 Å². The highest BCUT2D eigenvalue weighted by Gasteiger charge is 2.00. The van der Waals surface area contributed by atoms with Crippen molar-refractivity contribution in [3.05, 3.63) is 70.8 Å². The number of hydrogen-bond donors (Lipinski definition) is 2. The predicted octanol–water partition coefficient (Wildman–Crippen LogP) is 4.01. The van der Waals surface area contributed by atoms with Gasteiger partial charge in [0.25, 0.3) is 0 Å². The van der Waals surface area contributed by atoms with E-state index < -0.39 is 0 Å². The number of nitrogens with one attached hydrogen (secondary N) is 2. The van der Waals surface area contributed by atoms with Crippen LogP contribution in [0.4, 0.5) is 0 Å². The summed E-state index contributed by atoms with van der Waals surface area (Å²) in [5, 5.41) is 6.67. The summed E-state index contributed by atoms with van der Waals surface area (Å²) in [6.07, 6.45) is 0. The van der Waals surface area contributed by atoms with Gasteiger partial charge in [-0.1, -0.05) is 54.1 Å². The number of hydrogen-bond acceptors (Lipinski definition) is 2. The number of rotatable bonds is 7. The molecule has 0 amide bonds. The third-order valence-electron chi connectivity index (χ3n) is 3.65. The molecule has 136 valence electrons. The van der Waals surface area contributed by atoms with Crippen LogP contribution in [0.15, 0.2) is 53.5 Å². The Morgan fingerprint density at radius 2 is 1.72 bits per heavy atom. The summed E-state index contributed by atoms with van der Waals surface area (Å²) in [6, 6.07) is 16.9. The van der Waals surface area contributed by atoms with Crippen molar-refractivity contribution in [2.45, 2.75) is 33.5 Å². The molecule has 0 radical (unpaired) electrons. The second-order valence-electron chi connectivity index (χ2n) is 5.79. The van der Waals surface area contributed by atoms with Crippen LogP contribution < -0.4 is 10.6 Å². The molecule has 0 aliphatic carbocycles. The lowest BCUT2D eigenvalue weighted by Crippen LogP contribution is -2.36. The van der Waals surface area contributed by atoms with E-state index in [1.807, 2.05) is 6.07 Å². The van der Waals surface area contributed by atoms with Crippen molar-refractivity contribution in [3.63, 3.8) is 0 Å². The fraction of sp³-hybridized carbons (Fsp3) is 0.350. The number of nitrogens with zero attached hydrogens (tertiary/aromatic N) is 1. The molecular formula is C20H28IN3O. The molecule has 2 aromatic carbocycles. The van der Waals surface area contributed by atoms with Gasteiger partial charge in [0.1, 0.15) is 0 Å². The first-order chi connectivity index (χ1) is 11.7. The van der Waals surface area contributed by atoms with Gasteiger partial charge in [0.2, 0.25) is 0 Å². The molecule has 2 N–H and O–H groups in total. The van der Waals surface area contributed by atoms with E-state index in [4.69, 9.17) is 4.74 Å². The van der Waals surface area contributed by atoms with Gasteiger partial charge < -0.3 is 15.4 Å². The number of benzene rings is 2. The lowest BCUT2D eigenvalue weighted by atomic mass is 10.1. The third kappa shape index (κ3) is 7.88. The van der Waals surface area contributed by atoms with Gasteiger partial charge in [-0.2, -0.15) is 0 Å². The Labute approximate surface area is 168 Å². The van der Waals surface area contributed by atoms with Crippen LogP contribution in [0.5, 0.6) is 0 Å². The van der Waals surface area contributed by atoms with Crippen LogP contribution in [0, 0.1) is 6.92 Å². The molecule has 2 aromatic rings. The van der Waals surface area contributed by atoms with E-state index in [1.165, 1.54) is 22.3 Å². The average Bonchev–Trinajstić information content (AvgIpc) is 2.59. The number of methoxy groups -OCH3 is 1. The number of halogens is 1. The van der Waals surface area contributed by atoms with Crippen LogP contribution in [0.2, 0.25) is 0 Å². The lowest BCUT2D eigenvalue weighted by Gasteiger charge is -2.12. The number of ether oxygens (including phenoxy) is 1. The standard InChI is InChI=1S/C20H27N3O.HI/c1-4-21-20(22-13-17-10-8-16(2)9-11-17)23-14-18-6-5-7-19(12-18)15-24-3;/h5-12H,4,13-15H2,1-3H3,(H2,21,22,23);1H. The molecule has 0 fully saturated rings. The fourth-order valence-electron chi connectivity index (χ4n) is 2.39. The van der Waals surface area contributed by atoms with Gasteiger partial charge in [-0.25, -0.2) is 4.99 Å². The van der Waals surface area contributed by atoms with Crippen LogP contribution in [0.1, 0.15) is 29.2 Å². The van der Waals surface area contributed by atoms with Gasteiger partial charge >= 0.3 is 0 Å². The summed E-state index contributed by atoms with van der Waals surface area (Å²) in [5.74, 6) is 0.829. The minimum absolute atomic E-state index is 0. The molecule has 0 saturated heterocycles. The van der Waals surface area contributed by atoms with E-state index in [2.05, 4.69) is 71.9 Å². The van der Waals surface area contributed by atoms with Crippen molar-refractivity contribution in [1.82, 2.24) is 10.6 Å². The fourth-order valence-corrected chi connectivity index (χ4v) is 2.39. The first-order valence-electron chi connectivity index (χ1n) is 8.35. The first kappa shape index (κ1) is 21.4. The number of guanidine groups is 1. The molecule has 0 aliphatic heterocycles. The summed E-state index contributed by atoms with van der Waals surface area (Å²) in [4.78, 5) is 4.67. The van der Waals surface area contributed by atoms with E-state index in [9.17, 15) is 0 Å². The smallest absolute Gasteiger partial charge is 0.191 e. The monoisotopic (exact) mass is 453 g/mol. The van der Waals surface area contributed by atoms with Gasteiger partial charge in [-0.3, -0.25) is 0 Å². The topological polar surface area (TPSA) is 45.7 Å². The minimum atomic E-state index is 0. The normalized spacial score (nSPS) is 10.9. The molecule has 2 rings (SSSR count).